The Bertz CT molecular complexity index is 1300. The molecule has 5 rings (SSSR count). The van der Waals surface area contributed by atoms with Gasteiger partial charge in [0.2, 0.25) is 0 Å². The number of aromatic hydroxyl groups is 1. The smallest absolute Gasteiger partial charge is 0.506 e. The molecular formula is C25H24BrF3N2O4S. The van der Waals surface area contributed by atoms with E-state index in [9.17, 15) is 28.2 Å². The van der Waals surface area contributed by atoms with Crippen LogP contribution in [0.3, 0.4) is 0 Å². The summed E-state index contributed by atoms with van der Waals surface area (Å²) in [6.07, 6.45) is -0.750. The standard InChI is InChI=1S/C25H24BrF3N2O4S/c26-18-11-19-21(17(23(18)32)12-30-9-1-2-10-30)22(24(33)34)20(31(19)14-3-4-14)13-36-16-7-5-15(6-8-16)35-25(27,28)29/h5-8,11,14,32H,1-4,9-10,12-13H2,(H,33,34). The van der Waals surface area contributed by atoms with Gasteiger partial charge in [0.1, 0.15) is 11.5 Å². The maximum absolute atomic E-state index is 12.6. The van der Waals surface area contributed by atoms with Crippen LogP contribution in [-0.2, 0) is 12.3 Å². The molecular weight excluding hydrogens is 561 g/mol. The number of phenols is 1. The van der Waals surface area contributed by atoms with E-state index in [1.165, 1.54) is 36.0 Å². The minimum Gasteiger partial charge on any atom is -0.506 e. The van der Waals surface area contributed by atoms with Gasteiger partial charge in [-0.1, -0.05) is 0 Å². The lowest BCUT2D eigenvalue weighted by molar-refractivity contribution is -0.274. The number of halogens is 4. The lowest BCUT2D eigenvalue weighted by atomic mass is 10.0. The Kier molecular flexibility index (Phi) is 6.90. The summed E-state index contributed by atoms with van der Waals surface area (Å²) in [5.74, 6) is -0.997. The van der Waals surface area contributed by atoms with E-state index in [0.29, 0.717) is 38.3 Å². The van der Waals surface area contributed by atoms with Crippen LogP contribution in [-0.4, -0.2) is 45.1 Å². The van der Waals surface area contributed by atoms with Gasteiger partial charge in [-0.05, 0) is 85.0 Å². The van der Waals surface area contributed by atoms with Gasteiger partial charge in [0.25, 0.3) is 0 Å². The SMILES string of the molecule is O=C(O)c1c(CSc2ccc(OC(F)(F)F)cc2)n(C2CC2)c2cc(Br)c(O)c(CN3CCCC3)c12. The second-order valence-corrected chi connectivity index (χ2v) is 11.0. The zero-order valence-corrected chi connectivity index (χ0v) is 21.5. The summed E-state index contributed by atoms with van der Waals surface area (Å²) in [5.41, 5.74) is 2.20. The Morgan fingerprint density at radius 2 is 1.83 bits per heavy atom. The number of alkyl halides is 3. The molecule has 1 aromatic heterocycles. The molecule has 0 atom stereocenters. The summed E-state index contributed by atoms with van der Waals surface area (Å²) in [7, 11) is 0. The largest absolute Gasteiger partial charge is 0.573 e. The van der Waals surface area contributed by atoms with Crippen molar-refractivity contribution in [3.05, 3.63) is 51.6 Å². The Labute approximate surface area is 218 Å². The van der Waals surface area contributed by atoms with Crippen molar-refractivity contribution in [1.29, 1.82) is 0 Å². The van der Waals surface area contributed by atoms with Crippen molar-refractivity contribution in [2.24, 2.45) is 0 Å². The molecule has 1 saturated heterocycles. The van der Waals surface area contributed by atoms with Gasteiger partial charge in [0, 0.05) is 39.9 Å². The molecule has 2 N–H and O–H groups in total. The number of fused-ring (bicyclic) bond motifs is 1. The minimum absolute atomic E-state index is 0.0595. The van der Waals surface area contributed by atoms with Crippen molar-refractivity contribution in [2.75, 3.05) is 13.1 Å². The van der Waals surface area contributed by atoms with E-state index in [1.807, 2.05) is 0 Å². The van der Waals surface area contributed by atoms with E-state index in [4.69, 9.17) is 0 Å². The van der Waals surface area contributed by atoms with Crippen LogP contribution >= 0.6 is 27.7 Å². The first-order valence-electron chi connectivity index (χ1n) is 11.6. The number of hydrogen-bond donors (Lipinski definition) is 2. The molecule has 3 aromatic rings. The average molecular weight is 585 g/mol. The highest BCUT2D eigenvalue weighted by molar-refractivity contribution is 9.10. The average Bonchev–Trinajstić information content (AvgIpc) is 3.40. The Hall–Kier alpha value is -2.37. The van der Waals surface area contributed by atoms with E-state index < -0.39 is 12.3 Å². The van der Waals surface area contributed by atoms with Crippen molar-refractivity contribution in [1.82, 2.24) is 9.47 Å². The molecule has 11 heteroatoms. The number of thioether (sulfide) groups is 1. The van der Waals surface area contributed by atoms with Crippen LogP contribution in [0.1, 0.15) is 53.3 Å². The number of aromatic nitrogens is 1. The summed E-state index contributed by atoms with van der Waals surface area (Å²) in [4.78, 5) is 15.5. The molecule has 0 spiro atoms. The number of aromatic carboxylic acids is 1. The second kappa shape index (κ2) is 9.83. The Balaban J connectivity index is 1.55. The zero-order valence-electron chi connectivity index (χ0n) is 19.1. The van der Waals surface area contributed by atoms with E-state index in [2.05, 4.69) is 30.1 Å². The number of carboxylic acid groups (broad SMARTS) is 1. The third-order valence-electron chi connectivity index (χ3n) is 6.56. The van der Waals surface area contributed by atoms with Gasteiger partial charge in [0.15, 0.2) is 0 Å². The maximum atomic E-state index is 12.6. The molecule has 0 unspecified atom stereocenters. The number of nitrogens with zero attached hydrogens (tertiary/aromatic N) is 2. The maximum Gasteiger partial charge on any atom is 0.573 e. The zero-order chi connectivity index (χ0) is 25.6. The summed E-state index contributed by atoms with van der Waals surface area (Å²) < 4.78 is 43.9. The topological polar surface area (TPSA) is 74.9 Å². The number of ether oxygens (including phenoxy) is 1. The molecule has 1 aliphatic carbocycles. The highest BCUT2D eigenvalue weighted by atomic mass is 79.9. The molecule has 2 aliphatic rings. The van der Waals surface area contributed by atoms with Crippen LogP contribution in [0.2, 0.25) is 0 Å². The quantitative estimate of drug-likeness (QED) is 0.280. The van der Waals surface area contributed by atoms with Crippen molar-refractivity contribution in [2.45, 2.75) is 55.3 Å². The van der Waals surface area contributed by atoms with Gasteiger partial charge < -0.3 is 19.5 Å². The van der Waals surface area contributed by atoms with Crippen LogP contribution < -0.4 is 4.74 Å². The van der Waals surface area contributed by atoms with Gasteiger partial charge in [-0.25, -0.2) is 4.79 Å². The lowest BCUT2D eigenvalue weighted by Gasteiger charge is -2.18. The minimum atomic E-state index is -4.76. The highest BCUT2D eigenvalue weighted by Crippen LogP contribution is 2.47. The number of benzene rings is 2. The van der Waals surface area contributed by atoms with Crippen LogP contribution in [0.25, 0.3) is 10.9 Å². The summed E-state index contributed by atoms with van der Waals surface area (Å²) in [6, 6.07) is 7.51. The first-order valence-corrected chi connectivity index (χ1v) is 13.4. The summed E-state index contributed by atoms with van der Waals surface area (Å²) >= 11 is 4.82. The van der Waals surface area contributed by atoms with E-state index in [0.717, 1.165) is 44.3 Å². The molecule has 6 nitrogen and oxygen atoms in total. The third kappa shape index (κ3) is 5.19. The van der Waals surface area contributed by atoms with Gasteiger partial charge in [-0.3, -0.25) is 4.90 Å². The molecule has 1 saturated carbocycles. The number of rotatable bonds is 8. The number of hydrogen-bond acceptors (Lipinski definition) is 5. The first kappa shape index (κ1) is 25.3. The molecule has 2 aromatic carbocycles. The summed E-state index contributed by atoms with van der Waals surface area (Å²) in [6.45, 7) is 2.26. The molecule has 0 radical (unpaired) electrons. The van der Waals surface area contributed by atoms with Crippen LogP contribution in [0.4, 0.5) is 13.2 Å². The van der Waals surface area contributed by atoms with Crippen molar-refractivity contribution >= 4 is 44.6 Å². The molecule has 0 amide bonds. The van der Waals surface area contributed by atoms with Crippen LogP contribution in [0, 0.1) is 0 Å². The normalized spacial score (nSPS) is 16.7. The van der Waals surface area contributed by atoms with Crippen molar-refractivity contribution in [3.8, 4) is 11.5 Å². The fraction of sp³-hybridized carbons (Fsp3) is 0.400. The van der Waals surface area contributed by atoms with E-state index >= 15 is 0 Å². The highest BCUT2D eigenvalue weighted by Gasteiger charge is 2.34. The van der Waals surface area contributed by atoms with Gasteiger partial charge in [0.05, 0.1) is 15.6 Å². The van der Waals surface area contributed by atoms with E-state index in [-0.39, 0.29) is 23.1 Å². The fourth-order valence-electron chi connectivity index (χ4n) is 4.89. The predicted octanol–water partition coefficient (Wildman–Crippen LogP) is 6.93. The summed E-state index contributed by atoms with van der Waals surface area (Å²) in [5, 5.41) is 21.8. The molecule has 1 aliphatic heterocycles. The number of carbonyl (C=O) groups is 1. The Morgan fingerprint density at radius 3 is 2.42 bits per heavy atom. The molecule has 36 heavy (non-hydrogen) atoms. The molecule has 192 valence electrons. The molecule has 2 heterocycles. The monoisotopic (exact) mass is 584 g/mol. The number of phenolic OH excluding ortho intramolecular Hbond substituents is 1. The fourth-order valence-corrected chi connectivity index (χ4v) is 6.26. The first-order chi connectivity index (χ1) is 17.1. The van der Waals surface area contributed by atoms with Crippen molar-refractivity contribution in [3.63, 3.8) is 0 Å². The molecule has 2 fully saturated rings. The second-order valence-electron chi connectivity index (χ2n) is 9.10. The van der Waals surface area contributed by atoms with Crippen LogP contribution in [0.15, 0.2) is 39.7 Å². The Morgan fingerprint density at radius 1 is 1.17 bits per heavy atom. The van der Waals surface area contributed by atoms with Gasteiger partial charge >= 0.3 is 12.3 Å². The van der Waals surface area contributed by atoms with Crippen molar-refractivity contribution < 1.29 is 32.9 Å². The molecule has 0 bridgehead atoms. The lowest BCUT2D eigenvalue weighted by Crippen LogP contribution is -2.19. The number of likely N-dealkylation sites (tertiary alicyclic amines) is 1. The number of carboxylic acids is 1. The predicted molar refractivity (Wildman–Crippen MR) is 134 cm³/mol. The van der Waals surface area contributed by atoms with E-state index in [1.54, 1.807) is 6.07 Å². The van der Waals surface area contributed by atoms with Gasteiger partial charge in [-0.2, -0.15) is 0 Å². The third-order valence-corrected chi connectivity index (χ3v) is 8.19. The van der Waals surface area contributed by atoms with Crippen LogP contribution in [0.5, 0.6) is 11.5 Å². The van der Waals surface area contributed by atoms with Gasteiger partial charge in [-0.15, -0.1) is 24.9 Å².